The minimum absolute atomic E-state index is 0.156. The summed E-state index contributed by atoms with van der Waals surface area (Å²) in [7, 11) is 0. The maximum absolute atomic E-state index is 9.72. The summed E-state index contributed by atoms with van der Waals surface area (Å²) in [4.78, 5) is 14.3. The molecule has 29 heavy (non-hydrogen) atoms. The lowest BCUT2D eigenvalue weighted by Gasteiger charge is -2.24. The first-order valence-electron chi connectivity index (χ1n) is 9.18. The Balaban J connectivity index is 1.49. The zero-order chi connectivity index (χ0) is 20.2. The Hall–Kier alpha value is -1.75. The third-order valence-corrected chi connectivity index (χ3v) is 6.18. The van der Waals surface area contributed by atoms with E-state index in [1.165, 1.54) is 18.1 Å². The van der Waals surface area contributed by atoms with Gasteiger partial charge in [-0.1, -0.05) is 23.4 Å². The summed E-state index contributed by atoms with van der Waals surface area (Å²) in [6, 6.07) is 7.53. The molecule has 2 aliphatic rings. The second-order valence-electron chi connectivity index (χ2n) is 7.37. The van der Waals surface area contributed by atoms with E-state index in [1.807, 2.05) is 42.7 Å². The number of halogens is 1. The summed E-state index contributed by atoms with van der Waals surface area (Å²) >= 11 is 7.45. The second-order valence-corrected chi connectivity index (χ2v) is 8.87. The monoisotopic (exact) mass is 434 g/mol. The number of nitrogens with zero attached hydrogens (tertiary/aromatic N) is 4. The van der Waals surface area contributed by atoms with Gasteiger partial charge in [-0.3, -0.25) is 4.57 Å². The van der Waals surface area contributed by atoms with Crippen molar-refractivity contribution in [2.45, 2.75) is 54.1 Å². The summed E-state index contributed by atoms with van der Waals surface area (Å²) in [6.45, 7) is 3.55. The number of fused-ring (bicyclic) bond motifs is 2. The Morgan fingerprint density at radius 1 is 1.14 bits per heavy atom. The van der Waals surface area contributed by atoms with Crippen LogP contribution in [0.4, 0.5) is 0 Å². The number of hydrogen-bond acceptors (Lipinski definition) is 8. The summed E-state index contributed by atoms with van der Waals surface area (Å²) in [5, 5.41) is 11.1. The van der Waals surface area contributed by atoms with Crippen LogP contribution in [0.1, 0.15) is 20.1 Å². The summed E-state index contributed by atoms with van der Waals surface area (Å²) in [6.07, 6.45) is 1.46. The highest BCUT2D eigenvalue weighted by molar-refractivity contribution is 7.99. The van der Waals surface area contributed by atoms with Crippen LogP contribution < -0.4 is 0 Å². The zero-order valence-electron chi connectivity index (χ0n) is 15.7. The molecule has 2 unspecified atom stereocenters. The lowest BCUT2D eigenvalue weighted by Crippen LogP contribution is -2.31. The molecule has 2 aliphatic heterocycles. The number of aliphatic hydroxyl groups excluding tert-OH is 1. The molecule has 1 N–H and O–H groups in total. The average molecular weight is 435 g/mol. The smallest absolute Gasteiger partial charge is 0.166 e. The molecule has 4 atom stereocenters. The van der Waals surface area contributed by atoms with E-state index in [2.05, 4.69) is 15.0 Å². The van der Waals surface area contributed by atoms with E-state index in [0.717, 1.165) is 9.92 Å². The highest BCUT2D eigenvalue weighted by atomic mass is 35.5. The lowest BCUT2D eigenvalue weighted by atomic mass is 10.1. The predicted octanol–water partition coefficient (Wildman–Crippen LogP) is 3.04. The molecular weight excluding hydrogens is 416 g/mol. The van der Waals surface area contributed by atoms with Crippen LogP contribution in [-0.2, 0) is 14.2 Å². The SMILES string of the molecule is CC1(C)OC2C(O1)[C@@H](CO)O[C@H]2n1cnc2c(Sc3ccc(Cl)cc3)ncnc21. The van der Waals surface area contributed by atoms with E-state index in [1.54, 1.807) is 6.33 Å². The highest BCUT2D eigenvalue weighted by Crippen LogP contribution is 2.44. The Bertz CT molecular complexity index is 1040. The molecule has 8 nitrogen and oxygen atoms in total. The normalized spacial score (nSPS) is 28.1. The Morgan fingerprint density at radius 2 is 1.90 bits per heavy atom. The zero-order valence-corrected chi connectivity index (χ0v) is 17.3. The van der Waals surface area contributed by atoms with Crippen molar-refractivity contribution >= 4 is 34.5 Å². The van der Waals surface area contributed by atoms with Crippen LogP contribution in [-0.4, -0.2) is 55.3 Å². The molecule has 0 amide bonds. The van der Waals surface area contributed by atoms with Gasteiger partial charge in [-0.25, -0.2) is 15.0 Å². The molecule has 0 saturated carbocycles. The van der Waals surface area contributed by atoms with Crippen molar-refractivity contribution in [2.24, 2.45) is 0 Å². The van der Waals surface area contributed by atoms with Gasteiger partial charge in [0.1, 0.15) is 35.2 Å². The molecule has 2 aromatic heterocycles. The Morgan fingerprint density at radius 3 is 2.66 bits per heavy atom. The first-order chi connectivity index (χ1) is 13.9. The maximum atomic E-state index is 9.72. The van der Waals surface area contributed by atoms with Crippen LogP contribution in [0.5, 0.6) is 0 Å². The van der Waals surface area contributed by atoms with E-state index in [-0.39, 0.29) is 18.8 Å². The van der Waals surface area contributed by atoms with E-state index in [4.69, 9.17) is 25.8 Å². The van der Waals surface area contributed by atoms with Crippen LogP contribution in [0.25, 0.3) is 11.2 Å². The molecule has 2 saturated heterocycles. The van der Waals surface area contributed by atoms with Gasteiger partial charge in [0, 0.05) is 9.92 Å². The average Bonchev–Trinajstić information content (AvgIpc) is 3.34. The molecule has 152 valence electrons. The van der Waals surface area contributed by atoms with Crippen LogP contribution in [0, 0.1) is 0 Å². The number of aromatic nitrogens is 4. The van der Waals surface area contributed by atoms with Gasteiger partial charge in [-0.15, -0.1) is 0 Å². The van der Waals surface area contributed by atoms with Gasteiger partial charge in [0.05, 0.1) is 12.9 Å². The first-order valence-corrected chi connectivity index (χ1v) is 10.4. The molecule has 0 spiro atoms. The minimum atomic E-state index is -0.744. The Kier molecular flexibility index (Phi) is 4.77. The number of imidazole rings is 1. The number of benzene rings is 1. The molecule has 3 aromatic rings. The summed E-state index contributed by atoms with van der Waals surface area (Å²) in [5.41, 5.74) is 1.30. The lowest BCUT2D eigenvalue weighted by molar-refractivity contribution is -0.199. The van der Waals surface area contributed by atoms with Gasteiger partial charge in [0.15, 0.2) is 17.7 Å². The molecule has 0 aliphatic carbocycles. The minimum Gasteiger partial charge on any atom is -0.394 e. The van der Waals surface area contributed by atoms with Crippen LogP contribution in [0.3, 0.4) is 0 Å². The van der Waals surface area contributed by atoms with Crippen molar-refractivity contribution < 1.29 is 19.3 Å². The van der Waals surface area contributed by atoms with E-state index in [9.17, 15) is 5.11 Å². The topological polar surface area (TPSA) is 91.5 Å². The van der Waals surface area contributed by atoms with E-state index >= 15 is 0 Å². The number of hydrogen-bond donors (Lipinski definition) is 1. The molecule has 10 heteroatoms. The standard InChI is InChI=1S/C19H19ClN4O4S/c1-19(2)27-14-12(7-25)26-18(15(14)28-19)24-9-23-13-16(24)21-8-22-17(13)29-11-5-3-10(20)4-6-11/h3-6,8-9,12,14-15,18,25H,7H2,1-2H3/t12-,14?,15?,18-/m1/s1. The van der Waals surface area contributed by atoms with Gasteiger partial charge in [0.2, 0.25) is 0 Å². The molecule has 0 bridgehead atoms. The Labute approximate surface area is 176 Å². The van der Waals surface area contributed by atoms with Crippen molar-refractivity contribution in [1.82, 2.24) is 19.5 Å². The van der Waals surface area contributed by atoms with Crippen molar-refractivity contribution in [3.63, 3.8) is 0 Å². The summed E-state index contributed by atoms with van der Waals surface area (Å²) < 4.78 is 19.9. The van der Waals surface area contributed by atoms with E-state index in [0.29, 0.717) is 16.2 Å². The van der Waals surface area contributed by atoms with Crippen LogP contribution in [0.2, 0.25) is 5.02 Å². The van der Waals surface area contributed by atoms with Crippen molar-refractivity contribution in [3.8, 4) is 0 Å². The fourth-order valence-corrected chi connectivity index (χ4v) is 4.70. The molecular formula is C19H19ClN4O4S. The molecule has 0 radical (unpaired) electrons. The first kappa shape index (κ1) is 19.2. The maximum Gasteiger partial charge on any atom is 0.166 e. The number of ether oxygens (including phenoxy) is 3. The number of aliphatic hydroxyl groups is 1. The fraction of sp³-hybridized carbons (Fsp3) is 0.421. The van der Waals surface area contributed by atoms with Gasteiger partial charge in [-0.05, 0) is 38.1 Å². The number of rotatable bonds is 4. The van der Waals surface area contributed by atoms with Crippen LogP contribution in [0.15, 0.2) is 46.8 Å². The van der Waals surface area contributed by atoms with Gasteiger partial charge >= 0.3 is 0 Å². The van der Waals surface area contributed by atoms with E-state index < -0.39 is 18.1 Å². The molecule has 2 fully saturated rings. The fourth-order valence-electron chi connectivity index (χ4n) is 3.74. The third-order valence-electron chi connectivity index (χ3n) is 4.93. The predicted molar refractivity (Wildman–Crippen MR) is 106 cm³/mol. The van der Waals surface area contributed by atoms with Gasteiger partial charge in [0.25, 0.3) is 0 Å². The second kappa shape index (κ2) is 7.19. The van der Waals surface area contributed by atoms with Gasteiger partial charge < -0.3 is 19.3 Å². The van der Waals surface area contributed by atoms with Crippen molar-refractivity contribution in [3.05, 3.63) is 41.9 Å². The largest absolute Gasteiger partial charge is 0.394 e. The van der Waals surface area contributed by atoms with Crippen molar-refractivity contribution in [1.29, 1.82) is 0 Å². The third kappa shape index (κ3) is 3.41. The highest BCUT2D eigenvalue weighted by Gasteiger charge is 2.55. The quantitative estimate of drug-likeness (QED) is 0.626. The summed E-state index contributed by atoms with van der Waals surface area (Å²) in [5.74, 6) is -0.744. The molecule has 5 rings (SSSR count). The van der Waals surface area contributed by atoms with Gasteiger partial charge in [-0.2, -0.15) is 0 Å². The molecule has 4 heterocycles. The molecule has 1 aromatic carbocycles. The van der Waals surface area contributed by atoms with Crippen LogP contribution >= 0.6 is 23.4 Å². The van der Waals surface area contributed by atoms with Crippen molar-refractivity contribution in [2.75, 3.05) is 6.61 Å².